The second kappa shape index (κ2) is 4.65. The first-order valence-electron chi connectivity index (χ1n) is 5.64. The van der Waals surface area contributed by atoms with Crippen LogP contribution >= 0.6 is 0 Å². The van der Waals surface area contributed by atoms with E-state index in [1.165, 1.54) is 12.1 Å². The Morgan fingerprint density at radius 2 is 1.88 bits per heavy atom. The number of likely N-dealkylation sites (tertiary alicyclic amines) is 1. The molecule has 1 aromatic carbocycles. The standard InChI is InChI=1S/C13H14FNO2/c1-9(10-2-4-11(14)5-3-10)15-7-6-12(16)8-13(15)17/h2-5,9H,6-8H2,1H3. The van der Waals surface area contributed by atoms with Crippen LogP contribution in [0.25, 0.3) is 0 Å². The molecule has 0 spiro atoms. The molecule has 0 radical (unpaired) electrons. The number of hydrogen-bond donors (Lipinski definition) is 0. The van der Waals surface area contributed by atoms with Gasteiger partial charge >= 0.3 is 0 Å². The Kier molecular flexibility index (Phi) is 3.22. The third kappa shape index (κ3) is 2.52. The van der Waals surface area contributed by atoms with Crippen molar-refractivity contribution in [3.8, 4) is 0 Å². The average molecular weight is 235 g/mol. The maximum atomic E-state index is 12.8. The van der Waals surface area contributed by atoms with E-state index in [-0.39, 0.29) is 30.0 Å². The van der Waals surface area contributed by atoms with Crippen molar-refractivity contribution >= 4 is 11.7 Å². The van der Waals surface area contributed by atoms with Crippen molar-refractivity contribution in [2.75, 3.05) is 6.54 Å². The molecule has 0 saturated carbocycles. The SMILES string of the molecule is CC(c1ccc(F)cc1)N1CCC(=O)CC1=O. The highest BCUT2D eigenvalue weighted by atomic mass is 19.1. The van der Waals surface area contributed by atoms with E-state index in [0.717, 1.165) is 5.56 Å². The molecule has 1 saturated heterocycles. The Labute approximate surface area is 99.2 Å². The maximum absolute atomic E-state index is 12.8. The van der Waals surface area contributed by atoms with E-state index >= 15 is 0 Å². The summed E-state index contributed by atoms with van der Waals surface area (Å²) in [6, 6.07) is 5.99. The number of nitrogens with zero attached hydrogens (tertiary/aromatic N) is 1. The quantitative estimate of drug-likeness (QED) is 0.736. The molecule has 90 valence electrons. The van der Waals surface area contributed by atoms with Gasteiger partial charge in [0.25, 0.3) is 0 Å². The van der Waals surface area contributed by atoms with Crippen molar-refractivity contribution in [3.05, 3.63) is 35.6 Å². The molecular weight excluding hydrogens is 221 g/mol. The zero-order valence-electron chi connectivity index (χ0n) is 9.65. The Hall–Kier alpha value is -1.71. The lowest BCUT2D eigenvalue weighted by atomic mass is 10.0. The van der Waals surface area contributed by atoms with Gasteiger partial charge in [-0.15, -0.1) is 0 Å². The van der Waals surface area contributed by atoms with E-state index in [0.29, 0.717) is 13.0 Å². The number of carbonyl (C=O) groups excluding carboxylic acids is 2. The molecule has 1 aliphatic rings. The summed E-state index contributed by atoms with van der Waals surface area (Å²) in [5.41, 5.74) is 0.883. The van der Waals surface area contributed by atoms with Gasteiger partial charge in [-0.3, -0.25) is 9.59 Å². The molecular formula is C13H14FNO2. The predicted molar refractivity (Wildman–Crippen MR) is 60.8 cm³/mol. The van der Waals surface area contributed by atoms with Crippen LogP contribution in [0.1, 0.15) is 31.4 Å². The van der Waals surface area contributed by atoms with E-state index in [4.69, 9.17) is 0 Å². The molecule has 1 amide bonds. The Morgan fingerprint density at radius 3 is 2.47 bits per heavy atom. The molecule has 1 aromatic rings. The lowest BCUT2D eigenvalue weighted by Gasteiger charge is -2.32. The van der Waals surface area contributed by atoms with Gasteiger partial charge in [-0.05, 0) is 24.6 Å². The largest absolute Gasteiger partial charge is 0.335 e. The Bertz CT molecular complexity index is 441. The molecule has 0 aliphatic carbocycles. The van der Waals surface area contributed by atoms with Crippen LogP contribution in [0.2, 0.25) is 0 Å². The van der Waals surface area contributed by atoms with Gasteiger partial charge in [0.05, 0.1) is 12.5 Å². The Balaban J connectivity index is 2.14. The number of benzene rings is 1. The number of rotatable bonds is 2. The number of Topliss-reactive ketones (excluding diaryl/α,β-unsaturated/α-hetero) is 1. The van der Waals surface area contributed by atoms with Crippen molar-refractivity contribution in [1.82, 2.24) is 4.90 Å². The Morgan fingerprint density at radius 1 is 1.24 bits per heavy atom. The molecule has 1 heterocycles. The normalized spacial score (nSPS) is 18.4. The fraction of sp³-hybridized carbons (Fsp3) is 0.385. The van der Waals surface area contributed by atoms with Gasteiger partial charge in [0.2, 0.25) is 5.91 Å². The molecule has 17 heavy (non-hydrogen) atoms. The van der Waals surface area contributed by atoms with Crippen molar-refractivity contribution in [2.24, 2.45) is 0 Å². The summed E-state index contributed by atoms with van der Waals surface area (Å²) < 4.78 is 12.8. The summed E-state index contributed by atoms with van der Waals surface area (Å²) in [6.45, 7) is 2.34. The first-order valence-corrected chi connectivity index (χ1v) is 5.64. The van der Waals surface area contributed by atoms with Gasteiger partial charge in [0.1, 0.15) is 11.6 Å². The average Bonchev–Trinajstić information content (AvgIpc) is 2.29. The zero-order valence-corrected chi connectivity index (χ0v) is 9.65. The highest BCUT2D eigenvalue weighted by molar-refractivity contribution is 6.00. The van der Waals surface area contributed by atoms with Gasteiger partial charge in [0, 0.05) is 13.0 Å². The number of hydrogen-bond acceptors (Lipinski definition) is 2. The summed E-state index contributed by atoms with van der Waals surface area (Å²) in [5, 5.41) is 0. The van der Waals surface area contributed by atoms with Crippen LogP contribution in [0.3, 0.4) is 0 Å². The van der Waals surface area contributed by atoms with Gasteiger partial charge in [-0.25, -0.2) is 4.39 Å². The van der Waals surface area contributed by atoms with Crippen LogP contribution in [0.4, 0.5) is 4.39 Å². The maximum Gasteiger partial charge on any atom is 0.230 e. The van der Waals surface area contributed by atoms with Gasteiger partial charge in [-0.2, -0.15) is 0 Å². The third-order valence-electron chi connectivity index (χ3n) is 3.12. The molecule has 1 atom stereocenters. The van der Waals surface area contributed by atoms with Crippen molar-refractivity contribution in [1.29, 1.82) is 0 Å². The number of carbonyl (C=O) groups is 2. The van der Waals surface area contributed by atoms with Crippen LogP contribution in [-0.2, 0) is 9.59 Å². The second-order valence-electron chi connectivity index (χ2n) is 4.28. The summed E-state index contributed by atoms with van der Waals surface area (Å²) in [7, 11) is 0. The molecule has 0 bridgehead atoms. The number of piperidine rings is 1. The summed E-state index contributed by atoms with van der Waals surface area (Å²) in [5.74, 6) is -0.434. The summed E-state index contributed by atoms with van der Waals surface area (Å²) in [6.07, 6.45) is 0.406. The van der Waals surface area contributed by atoms with Crippen molar-refractivity contribution in [2.45, 2.75) is 25.8 Å². The van der Waals surface area contributed by atoms with Gasteiger partial charge < -0.3 is 4.90 Å². The minimum atomic E-state index is -0.291. The van der Waals surface area contributed by atoms with Crippen molar-refractivity contribution < 1.29 is 14.0 Å². The van der Waals surface area contributed by atoms with E-state index in [2.05, 4.69) is 0 Å². The van der Waals surface area contributed by atoms with E-state index < -0.39 is 0 Å². The molecule has 0 aromatic heterocycles. The van der Waals surface area contributed by atoms with Crippen LogP contribution in [0.5, 0.6) is 0 Å². The summed E-state index contributed by atoms with van der Waals surface area (Å²) >= 11 is 0. The van der Waals surface area contributed by atoms with Crippen molar-refractivity contribution in [3.63, 3.8) is 0 Å². The predicted octanol–water partition coefficient (Wildman–Crippen LogP) is 2.08. The number of halogens is 1. The lowest BCUT2D eigenvalue weighted by molar-refractivity contribution is -0.141. The van der Waals surface area contributed by atoms with Gasteiger partial charge in [-0.1, -0.05) is 12.1 Å². The second-order valence-corrected chi connectivity index (χ2v) is 4.28. The third-order valence-corrected chi connectivity index (χ3v) is 3.12. The topological polar surface area (TPSA) is 37.4 Å². The molecule has 1 unspecified atom stereocenters. The molecule has 3 nitrogen and oxygen atoms in total. The smallest absolute Gasteiger partial charge is 0.230 e. The van der Waals surface area contributed by atoms with Gasteiger partial charge in [0.15, 0.2) is 0 Å². The van der Waals surface area contributed by atoms with Crippen LogP contribution in [0, 0.1) is 5.82 Å². The monoisotopic (exact) mass is 235 g/mol. The lowest BCUT2D eigenvalue weighted by Crippen LogP contribution is -2.40. The van der Waals surface area contributed by atoms with E-state index in [1.54, 1.807) is 17.0 Å². The van der Waals surface area contributed by atoms with Crippen LogP contribution < -0.4 is 0 Å². The molecule has 0 N–H and O–H groups in total. The molecule has 1 fully saturated rings. The minimum Gasteiger partial charge on any atom is -0.335 e. The first-order chi connectivity index (χ1) is 8.08. The van der Waals surface area contributed by atoms with E-state index in [9.17, 15) is 14.0 Å². The molecule has 4 heteroatoms. The highest BCUT2D eigenvalue weighted by Crippen LogP contribution is 2.23. The minimum absolute atomic E-state index is 0.00226. The van der Waals surface area contributed by atoms with Crippen LogP contribution in [-0.4, -0.2) is 23.1 Å². The number of amides is 1. The zero-order chi connectivity index (χ0) is 12.4. The fourth-order valence-corrected chi connectivity index (χ4v) is 2.06. The highest BCUT2D eigenvalue weighted by Gasteiger charge is 2.27. The molecule has 2 rings (SSSR count). The van der Waals surface area contributed by atoms with Crippen LogP contribution in [0.15, 0.2) is 24.3 Å². The first kappa shape index (κ1) is 11.8. The molecule has 1 aliphatic heterocycles. The summed E-state index contributed by atoms with van der Waals surface area (Å²) in [4.78, 5) is 24.5. The fourth-order valence-electron chi connectivity index (χ4n) is 2.06. The number of ketones is 1. The van der Waals surface area contributed by atoms with E-state index in [1.807, 2.05) is 6.92 Å².